The molecular formula is C16H18N2O3S. The second kappa shape index (κ2) is 7.61. The van der Waals surface area contributed by atoms with E-state index in [-0.39, 0.29) is 11.8 Å². The molecule has 1 aromatic heterocycles. The van der Waals surface area contributed by atoms with E-state index in [9.17, 15) is 9.59 Å². The number of methoxy groups -OCH3 is 1. The third-order valence-corrected chi connectivity index (χ3v) is 3.99. The molecule has 0 unspecified atom stereocenters. The van der Waals surface area contributed by atoms with Gasteiger partial charge in [0.05, 0.1) is 17.0 Å². The number of amides is 2. The van der Waals surface area contributed by atoms with E-state index in [1.54, 1.807) is 19.2 Å². The smallest absolute Gasteiger partial charge is 0.261 e. The highest BCUT2D eigenvalue weighted by molar-refractivity contribution is 7.18. The second-order valence-electron chi connectivity index (χ2n) is 4.70. The van der Waals surface area contributed by atoms with Gasteiger partial charge in [0.2, 0.25) is 5.91 Å². The van der Waals surface area contributed by atoms with Gasteiger partial charge < -0.3 is 15.4 Å². The molecule has 1 aromatic carbocycles. The molecule has 0 fully saturated rings. The number of nitrogens with one attached hydrogen (secondary N) is 2. The third-order valence-electron chi connectivity index (χ3n) is 2.99. The first-order chi connectivity index (χ1) is 10.6. The van der Waals surface area contributed by atoms with Crippen LogP contribution in [-0.4, -0.2) is 25.5 Å². The van der Waals surface area contributed by atoms with Crippen molar-refractivity contribution in [2.45, 2.75) is 13.3 Å². The Morgan fingerprint density at radius 3 is 2.50 bits per heavy atom. The van der Waals surface area contributed by atoms with Gasteiger partial charge in [0.25, 0.3) is 5.91 Å². The molecule has 2 amide bonds. The highest BCUT2D eigenvalue weighted by Crippen LogP contribution is 2.21. The normalized spacial score (nSPS) is 10.1. The molecule has 0 bridgehead atoms. The first-order valence-corrected chi connectivity index (χ1v) is 7.68. The van der Waals surface area contributed by atoms with Gasteiger partial charge in [-0.15, -0.1) is 11.3 Å². The summed E-state index contributed by atoms with van der Waals surface area (Å²) < 4.78 is 5.10. The standard InChI is InChI=1S/C16H18N2O3S/c1-11(19)18-15-8-7-14(22-15)16(20)17-10-9-12-3-5-13(21-2)6-4-12/h3-8H,9-10H2,1-2H3,(H,17,20)(H,18,19). The fraction of sp³-hybridized carbons (Fsp3) is 0.250. The van der Waals surface area contributed by atoms with Crippen molar-refractivity contribution >= 4 is 28.2 Å². The van der Waals surface area contributed by atoms with Crippen molar-refractivity contribution in [3.8, 4) is 5.75 Å². The Balaban J connectivity index is 1.81. The number of hydrogen-bond acceptors (Lipinski definition) is 4. The van der Waals surface area contributed by atoms with Gasteiger partial charge in [0.15, 0.2) is 0 Å². The van der Waals surface area contributed by atoms with Gasteiger partial charge in [-0.1, -0.05) is 12.1 Å². The van der Waals surface area contributed by atoms with Crippen LogP contribution in [0.1, 0.15) is 22.2 Å². The molecule has 116 valence electrons. The van der Waals surface area contributed by atoms with Gasteiger partial charge in [-0.25, -0.2) is 0 Å². The fourth-order valence-electron chi connectivity index (χ4n) is 1.90. The quantitative estimate of drug-likeness (QED) is 0.860. The summed E-state index contributed by atoms with van der Waals surface area (Å²) in [4.78, 5) is 23.5. The summed E-state index contributed by atoms with van der Waals surface area (Å²) in [5.74, 6) is 0.542. The second-order valence-corrected chi connectivity index (χ2v) is 5.78. The van der Waals surface area contributed by atoms with Gasteiger partial charge in [0.1, 0.15) is 5.75 Å². The minimum atomic E-state index is -0.145. The predicted molar refractivity (Wildman–Crippen MR) is 87.7 cm³/mol. The van der Waals surface area contributed by atoms with E-state index >= 15 is 0 Å². The topological polar surface area (TPSA) is 67.4 Å². The molecule has 0 aliphatic heterocycles. The molecule has 0 aliphatic carbocycles. The van der Waals surface area contributed by atoms with Crippen LogP contribution >= 0.6 is 11.3 Å². The zero-order valence-corrected chi connectivity index (χ0v) is 13.3. The number of carbonyl (C=O) groups is 2. The molecular weight excluding hydrogens is 300 g/mol. The van der Waals surface area contributed by atoms with Crippen LogP contribution in [0.3, 0.4) is 0 Å². The highest BCUT2D eigenvalue weighted by atomic mass is 32.1. The number of anilines is 1. The van der Waals surface area contributed by atoms with E-state index in [2.05, 4.69) is 10.6 Å². The maximum atomic E-state index is 12.0. The van der Waals surface area contributed by atoms with Crippen LogP contribution < -0.4 is 15.4 Å². The lowest BCUT2D eigenvalue weighted by Gasteiger charge is -2.05. The zero-order valence-electron chi connectivity index (χ0n) is 12.5. The molecule has 0 spiro atoms. The van der Waals surface area contributed by atoms with Gasteiger partial charge in [-0.3, -0.25) is 9.59 Å². The first-order valence-electron chi connectivity index (χ1n) is 6.87. The first kappa shape index (κ1) is 16.0. The summed E-state index contributed by atoms with van der Waals surface area (Å²) >= 11 is 1.26. The van der Waals surface area contributed by atoms with Gasteiger partial charge >= 0.3 is 0 Å². The van der Waals surface area contributed by atoms with E-state index in [0.29, 0.717) is 16.4 Å². The fourth-order valence-corrected chi connectivity index (χ4v) is 2.77. The van der Waals surface area contributed by atoms with Crippen molar-refractivity contribution in [2.24, 2.45) is 0 Å². The molecule has 0 saturated heterocycles. The van der Waals surface area contributed by atoms with Crippen LogP contribution in [-0.2, 0) is 11.2 Å². The van der Waals surface area contributed by atoms with E-state index in [1.807, 2.05) is 24.3 Å². The summed E-state index contributed by atoms with van der Waals surface area (Å²) in [5.41, 5.74) is 1.13. The van der Waals surface area contributed by atoms with Gasteiger partial charge in [-0.05, 0) is 36.2 Å². The summed E-state index contributed by atoms with van der Waals surface area (Å²) in [6, 6.07) is 11.2. The van der Waals surface area contributed by atoms with Crippen molar-refractivity contribution < 1.29 is 14.3 Å². The summed E-state index contributed by atoms with van der Waals surface area (Å²) in [7, 11) is 1.63. The molecule has 2 rings (SSSR count). The molecule has 2 aromatic rings. The molecule has 0 aliphatic rings. The lowest BCUT2D eigenvalue weighted by atomic mass is 10.1. The molecule has 0 saturated carbocycles. The Hall–Kier alpha value is -2.34. The van der Waals surface area contributed by atoms with Crippen molar-refractivity contribution in [2.75, 3.05) is 19.0 Å². The highest BCUT2D eigenvalue weighted by Gasteiger charge is 2.09. The summed E-state index contributed by atoms with van der Waals surface area (Å²) in [6.07, 6.45) is 0.750. The number of ether oxygens (including phenoxy) is 1. The lowest BCUT2D eigenvalue weighted by Crippen LogP contribution is -2.24. The number of thiophene rings is 1. The molecule has 6 heteroatoms. The van der Waals surface area contributed by atoms with Crippen LogP contribution in [0.15, 0.2) is 36.4 Å². The maximum Gasteiger partial charge on any atom is 0.261 e. The zero-order chi connectivity index (χ0) is 15.9. The van der Waals surface area contributed by atoms with Crippen molar-refractivity contribution in [3.05, 3.63) is 46.8 Å². The van der Waals surface area contributed by atoms with Crippen molar-refractivity contribution in [1.82, 2.24) is 5.32 Å². The molecule has 0 radical (unpaired) electrons. The SMILES string of the molecule is COc1ccc(CCNC(=O)c2ccc(NC(C)=O)s2)cc1. The maximum absolute atomic E-state index is 12.0. The molecule has 0 atom stereocenters. The molecule has 5 nitrogen and oxygen atoms in total. The lowest BCUT2D eigenvalue weighted by molar-refractivity contribution is -0.114. The predicted octanol–water partition coefficient (Wildman–Crippen LogP) is 2.69. The molecule has 1 heterocycles. The average Bonchev–Trinajstić information content (AvgIpc) is 2.95. The van der Waals surface area contributed by atoms with Gasteiger partial charge in [-0.2, -0.15) is 0 Å². The van der Waals surface area contributed by atoms with Gasteiger partial charge in [0, 0.05) is 13.5 Å². The van der Waals surface area contributed by atoms with Crippen LogP contribution in [0.2, 0.25) is 0 Å². The number of hydrogen-bond donors (Lipinski definition) is 2. The average molecular weight is 318 g/mol. The number of rotatable bonds is 6. The molecule has 2 N–H and O–H groups in total. The Bertz CT molecular complexity index is 650. The van der Waals surface area contributed by atoms with E-state index < -0.39 is 0 Å². The Kier molecular flexibility index (Phi) is 5.55. The van der Waals surface area contributed by atoms with Crippen LogP contribution in [0.25, 0.3) is 0 Å². The van der Waals surface area contributed by atoms with Crippen LogP contribution in [0, 0.1) is 0 Å². The Morgan fingerprint density at radius 1 is 1.14 bits per heavy atom. The van der Waals surface area contributed by atoms with Crippen molar-refractivity contribution in [3.63, 3.8) is 0 Å². The minimum Gasteiger partial charge on any atom is -0.497 e. The number of benzene rings is 1. The molecule has 22 heavy (non-hydrogen) atoms. The summed E-state index contributed by atoms with van der Waals surface area (Å²) in [6.45, 7) is 1.99. The Morgan fingerprint density at radius 2 is 1.86 bits per heavy atom. The monoisotopic (exact) mass is 318 g/mol. The summed E-state index contributed by atoms with van der Waals surface area (Å²) in [5, 5.41) is 6.20. The number of carbonyl (C=O) groups excluding carboxylic acids is 2. The van der Waals surface area contributed by atoms with E-state index in [0.717, 1.165) is 17.7 Å². The van der Waals surface area contributed by atoms with Crippen LogP contribution in [0.4, 0.5) is 5.00 Å². The van der Waals surface area contributed by atoms with Crippen molar-refractivity contribution in [1.29, 1.82) is 0 Å². The van der Waals surface area contributed by atoms with Crippen LogP contribution in [0.5, 0.6) is 5.75 Å². The third kappa shape index (κ3) is 4.60. The Labute approximate surface area is 133 Å². The van der Waals surface area contributed by atoms with E-state index in [1.165, 1.54) is 18.3 Å². The largest absolute Gasteiger partial charge is 0.497 e. The van der Waals surface area contributed by atoms with E-state index in [4.69, 9.17) is 4.74 Å². The minimum absolute atomic E-state index is 0.130.